The minimum atomic E-state index is -2.71. The standard InChI is InChI=1S/C9H7BrClF2NO2/c10-8-6(3-11)5(9(12)13)1-4(14-8)2-7(15)16/h1,9H,2-3H2,(H,15,16). The van der Waals surface area contributed by atoms with E-state index in [0.717, 1.165) is 6.07 Å². The van der Waals surface area contributed by atoms with E-state index in [2.05, 4.69) is 20.9 Å². The van der Waals surface area contributed by atoms with Gasteiger partial charge in [0, 0.05) is 11.1 Å². The van der Waals surface area contributed by atoms with Gasteiger partial charge in [0.15, 0.2) is 0 Å². The van der Waals surface area contributed by atoms with Crippen molar-refractivity contribution >= 4 is 33.5 Å². The zero-order valence-electron chi connectivity index (χ0n) is 7.88. The molecule has 88 valence electrons. The molecule has 0 aliphatic carbocycles. The van der Waals surface area contributed by atoms with Gasteiger partial charge in [-0.3, -0.25) is 4.79 Å². The summed E-state index contributed by atoms with van der Waals surface area (Å²) in [7, 11) is 0. The second-order valence-electron chi connectivity index (χ2n) is 2.98. The largest absolute Gasteiger partial charge is 0.481 e. The first-order valence-corrected chi connectivity index (χ1v) is 5.52. The van der Waals surface area contributed by atoms with Gasteiger partial charge in [0.05, 0.1) is 18.0 Å². The highest BCUT2D eigenvalue weighted by Gasteiger charge is 2.18. The summed E-state index contributed by atoms with van der Waals surface area (Å²) in [6.07, 6.45) is -3.11. The number of aliphatic carboxylic acids is 1. The zero-order valence-corrected chi connectivity index (χ0v) is 10.2. The van der Waals surface area contributed by atoms with Crippen LogP contribution in [0.2, 0.25) is 0 Å². The molecule has 16 heavy (non-hydrogen) atoms. The first kappa shape index (κ1) is 13.3. The number of nitrogens with zero attached hydrogens (tertiary/aromatic N) is 1. The van der Waals surface area contributed by atoms with E-state index < -0.39 is 18.8 Å². The van der Waals surface area contributed by atoms with E-state index >= 15 is 0 Å². The van der Waals surface area contributed by atoms with E-state index in [1.165, 1.54) is 0 Å². The number of pyridine rings is 1. The Bertz CT molecular complexity index is 415. The smallest absolute Gasteiger partial charge is 0.309 e. The van der Waals surface area contributed by atoms with Gasteiger partial charge in [0.1, 0.15) is 4.60 Å². The molecule has 0 aliphatic rings. The molecular formula is C9H7BrClF2NO2. The van der Waals surface area contributed by atoms with E-state index in [4.69, 9.17) is 16.7 Å². The summed E-state index contributed by atoms with van der Waals surface area (Å²) >= 11 is 8.51. The maximum absolute atomic E-state index is 12.7. The molecule has 0 aromatic carbocycles. The van der Waals surface area contributed by atoms with Crippen LogP contribution in [0.3, 0.4) is 0 Å². The summed E-state index contributed by atoms with van der Waals surface area (Å²) in [4.78, 5) is 14.3. The van der Waals surface area contributed by atoms with Crippen LogP contribution in [-0.2, 0) is 17.1 Å². The van der Waals surface area contributed by atoms with Crippen LogP contribution < -0.4 is 0 Å². The Balaban J connectivity index is 3.22. The Morgan fingerprint density at radius 1 is 1.62 bits per heavy atom. The minimum absolute atomic E-state index is 0.0727. The second-order valence-corrected chi connectivity index (χ2v) is 4.00. The van der Waals surface area contributed by atoms with Gasteiger partial charge in [-0.2, -0.15) is 0 Å². The molecule has 0 atom stereocenters. The topological polar surface area (TPSA) is 50.2 Å². The number of halogens is 4. The number of rotatable bonds is 4. The van der Waals surface area contributed by atoms with Crippen molar-refractivity contribution in [1.82, 2.24) is 4.98 Å². The van der Waals surface area contributed by atoms with E-state index in [-0.39, 0.29) is 27.3 Å². The summed E-state index contributed by atoms with van der Waals surface area (Å²) in [5, 5.41) is 8.54. The summed E-state index contributed by atoms with van der Waals surface area (Å²) in [5.74, 6) is -1.24. The van der Waals surface area contributed by atoms with Crippen molar-refractivity contribution in [3.63, 3.8) is 0 Å². The molecule has 1 heterocycles. The zero-order chi connectivity index (χ0) is 12.3. The highest BCUT2D eigenvalue weighted by Crippen LogP contribution is 2.29. The Kier molecular flexibility index (Phi) is 4.61. The van der Waals surface area contributed by atoms with Gasteiger partial charge in [0.2, 0.25) is 0 Å². The number of aromatic nitrogens is 1. The molecule has 0 spiro atoms. The first-order chi connectivity index (χ1) is 7.45. The summed E-state index contributed by atoms with van der Waals surface area (Å²) in [5.41, 5.74) is -0.0255. The normalized spacial score (nSPS) is 10.8. The summed E-state index contributed by atoms with van der Waals surface area (Å²) in [6.45, 7) is 0. The molecule has 0 saturated carbocycles. The first-order valence-electron chi connectivity index (χ1n) is 4.19. The van der Waals surface area contributed by atoms with E-state index in [1.807, 2.05) is 0 Å². The SMILES string of the molecule is O=C(O)Cc1cc(C(F)F)c(CCl)c(Br)n1. The molecule has 0 unspecified atom stereocenters. The van der Waals surface area contributed by atoms with Crippen molar-refractivity contribution < 1.29 is 18.7 Å². The predicted molar refractivity (Wildman–Crippen MR) is 57.8 cm³/mol. The molecule has 1 aromatic heterocycles. The fourth-order valence-electron chi connectivity index (χ4n) is 1.18. The highest BCUT2D eigenvalue weighted by atomic mass is 79.9. The molecule has 0 saturated heterocycles. The van der Waals surface area contributed by atoms with Gasteiger partial charge in [-0.05, 0) is 22.0 Å². The van der Waals surface area contributed by atoms with Crippen LogP contribution in [0.1, 0.15) is 23.2 Å². The van der Waals surface area contributed by atoms with Crippen molar-refractivity contribution in [1.29, 1.82) is 0 Å². The third kappa shape index (κ3) is 3.12. The van der Waals surface area contributed by atoms with Gasteiger partial charge < -0.3 is 5.11 Å². The average molecular weight is 315 g/mol. The van der Waals surface area contributed by atoms with Gasteiger partial charge in [-0.25, -0.2) is 13.8 Å². The van der Waals surface area contributed by atoms with Crippen molar-refractivity contribution in [2.75, 3.05) is 0 Å². The quantitative estimate of drug-likeness (QED) is 0.686. The third-order valence-electron chi connectivity index (χ3n) is 1.86. The molecule has 0 radical (unpaired) electrons. The number of hydrogen-bond donors (Lipinski definition) is 1. The third-order valence-corrected chi connectivity index (χ3v) is 2.79. The maximum Gasteiger partial charge on any atom is 0.309 e. The lowest BCUT2D eigenvalue weighted by Gasteiger charge is -2.09. The summed E-state index contributed by atoms with van der Waals surface area (Å²) < 4.78 is 25.5. The van der Waals surface area contributed by atoms with Gasteiger partial charge >= 0.3 is 5.97 Å². The number of carboxylic acid groups (broad SMARTS) is 1. The van der Waals surface area contributed by atoms with Crippen LogP contribution in [0, 0.1) is 0 Å². The summed E-state index contributed by atoms with van der Waals surface area (Å²) in [6, 6.07) is 1.07. The Morgan fingerprint density at radius 2 is 2.25 bits per heavy atom. The van der Waals surface area contributed by atoms with Gasteiger partial charge in [-0.15, -0.1) is 11.6 Å². The van der Waals surface area contributed by atoms with Crippen molar-refractivity contribution in [2.45, 2.75) is 18.7 Å². The van der Waals surface area contributed by atoms with Crippen LogP contribution in [0.15, 0.2) is 10.7 Å². The molecule has 1 N–H and O–H groups in total. The van der Waals surface area contributed by atoms with Crippen LogP contribution >= 0.6 is 27.5 Å². The molecule has 0 aliphatic heterocycles. The molecule has 1 rings (SSSR count). The fraction of sp³-hybridized carbons (Fsp3) is 0.333. The molecule has 0 fully saturated rings. The second kappa shape index (κ2) is 5.54. The lowest BCUT2D eigenvalue weighted by molar-refractivity contribution is -0.136. The van der Waals surface area contributed by atoms with Crippen LogP contribution in [0.4, 0.5) is 8.78 Å². The van der Waals surface area contributed by atoms with Gasteiger partial charge in [-0.1, -0.05) is 0 Å². The molecule has 1 aromatic rings. The number of hydrogen-bond acceptors (Lipinski definition) is 2. The van der Waals surface area contributed by atoms with E-state index in [0.29, 0.717) is 0 Å². The lowest BCUT2D eigenvalue weighted by atomic mass is 10.1. The van der Waals surface area contributed by atoms with Crippen LogP contribution in [0.25, 0.3) is 0 Å². The van der Waals surface area contributed by atoms with Crippen molar-refractivity contribution in [3.8, 4) is 0 Å². The Morgan fingerprint density at radius 3 is 2.69 bits per heavy atom. The molecule has 0 amide bonds. The highest BCUT2D eigenvalue weighted by molar-refractivity contribution is 9.10. The monoisotopic (exact) mass is 313 g/mol. The molecule has 0 bridgehead atoms. The Hall–Kier alpha value is -0.750. The molecular weight excluding hydrogens is 307 g/mol. The number of carboxylic acids is 1. The van der Waals surface area contributed by atoms with Crippen LogP contribution in [-0.4, -0.2) is 16.1 Å². The van der Waals surface area contributed by atoms with E-state index in [1.54, 1.807) is 0 Å². The van der Waals surface area contributed by atoms with Crippen LogP contribution in [0.5, 0.6) is 0 Å². The molecule has 3 nitrogen and oxygen atoms in total. The van der Waals surface area contributed by atoms with Crippen molar-refractivity contribution in [3.05, 3.63) is 27.5 Å². The Labute approximate surface area is 104 Å². The van der Waals surface area contributed by atoms with Gasteiger partial charge in [0.25, 0.3) is 6.43 Å². The average Bonchev–Trinajstić information content (AvgIpc) is 2.15. The number of carbonyl (C=O) groups is 1. The van der Waals surface area contributed by atoms with Crippen molar-refractivity contribution in [2.24, 2.45) is 0 Å². The fourth-order valence-corrected chi connectivity index (χ4v) is 2.22. The minimum Gasteiger partial charge on any atom is -0.481 e. The number of alkyl halides is 3. The molecule has 7 heteroatoms. The lowest BCUT2D eigenvalue weighted by Crippen LogP contribution is -2.06. The van der Waals surface area contributed by atoms with E-state index in [9.17, 15) is 13.6 Å². The predicted octanol–water partition coefficient (Wildman–Crippen LogP) is 3.15. The maximum atomic E-state index is 12.7.